The molecular formula is C32H38F3N7O3. The van der Waals surface area contributed by atoms with Gasteiger partial charge in [0.05, 0.1) is 11.0 Å². The lowest BCUT2D eigenvalue weighted by Crippen LogP contribution is -2.45. The topological polar surface area (TPSA) is 96.8 Å². The first-order valence-electron chi connectivity index (χ1n) is 14.9. The molecule has 0 bridgehead atoms. The molecule has 13 heteroatoms. The largest absolute Gasteiger partial charge is 0.573 e. The number of piperazine rings is 1. The normalized spacial score (nSPS) is 14.6. The van der Waals surface area contributed by atoms with E-state index in [9.17, 15) is 18.0 Å². The molecule has 4 aromatic rings. The third kappa shape index (κ3) is 8.43. The van der Waals surface area contributed by atoms with Gasteiger partial charge in [-0.3, -0.25) is 9.78 Å². The van der Waals surface area contributed by atoms with Gasteiger partial charge in [-0.2, -0.15) is 0 Å². The van der Waals surface area contributed by atoms with E-state index in [0.717, 1.165) is 44.7 Å². The first-order chi connectivity index (χ1) is 21.4. The monoisotopic (exact) mass is 625 g/mol. The number of benzene rings is 2. The Morgan fingerprint density at radius 3 is 2.49 bits per heavy atom. The SMILES string of the molecule is CC(C)c1cc(Nc2nc3cc(Oc4ccnc(C(=O)NCCCN5CCN(C)CC5)c4)ccc3n2C)ccc1OC(F)(F)F. The number of hydrogen-bond donors (Lipinski definition) is 2. The summed E-state index contributed by atoms with van der Waals surface area (Å²) < 4.78 is 50.7. The Hall–Kier alpha value is -4.36. The van der Waals surface area contributed by atoms with Crippen molar-refractivity contribution in [1.82, 2.24) is 29.7 Å². The molecule has 3 heterocycles. The van der Waals surface area contributed by atoms with Gasteiger partial charge < -0.3 is 34.5 Å². The van der Waals surface area contributed by atoms with Crippen molar-refractivity contribution in [2.75, 3.05) is 51.6 Å². The highest BCUT2D eigenvalue weighted by Gasteiger charge is 2.32. The van der Waals surface area contributed by atoms with Gasteiger partial charge in [0, 0.05) is 63.8 Å². The van der Waals surface area contributed by atoms with Crippen LogP contribution in [0.1, 0.15) is 42.2 Å². The molecule has 1 aliphatic rings. The maximum Gasteiger partial charge on any atom is 0.573 e. The third-order valence-electron chi connectivity index (χ3n) is 7.70. The lowest BCUT2D eigenvalue weighted by Gasteiger charge is -2.32. The number of aromatic nitrogens is 3. The van der Waals surface area contributed by atoms with Gasteiger partial charge >= 0.3 is 6.36 Å². The zero-order valence-corrected chi connectivity index (χ0v) is 25.8. The van der Waals surface area contributed by atoms with Crippen LogP contribution in [0.2, 0.25) is 0 Å². The third-order valence-corrected chi connectivity index (χ3v) is 7.70. The Kier molecular flexibility index (Phi) is 9.78. The number of nitrogens with one attached hydrogen (secondary N) is 2. The molecule has 0 atom stereocenters. The number of anilines is 2. The predicted octanol–water partition coefficient (Wildman–Crippen LogP) is 5.89. The molecule has 0 radical (unpaired) electrons. The quantitative estimate of drug-likeness (QED) is 0.199. The highest BCUT2D eigenvalue weighted by Crippen LogP contribution is 2.35. The molecule has 2 N–H and O–H groups in total. The van der Waals surface area contributed by atoms with Gasteiger partial charge in [-0.15, -0.1) is 13.2 Å². The molecule has 1 saturated heterocycles. The van der Waals surface area contributed by atoms with Crippen LogP contribution in [0, 0.1) is 0 Å². The molecule has 1 fully saturated rings. The molecule has 2 aromatic carbocycles. The highest BCUT2D eigenvalue weighted by molar-refractivity contribution is 5.92. The number of carbonyl (C=O) groups excluding carboxylic acids is 1. The van der Waals surface area contributed by atoms with Gasteiger partial charge in [-0.25, -0.2) is 4.98 Å². The van der Waals surface area contributed by atoms with Crippen molar-refractivity contribution in [3.63, 3.8) is 0 Å². The Morgan fingerprint density at radius 1 is 1.00 bits per heavy atom. The molecule has 45 heavy (non-hydrogen) atoms. The van der Waals surface area contributed by atoms with E-state index in [2.05, 4.69) is 42.2 Å². The summed E-state index contributed by atoms with van der Waals surface area (Å²) in [7, 11) is 3.96. The van der Waals surface area contributed by atoms with E-state index in [1.54, 1.807) is 44.2 Å². The molecule has 10 nitrogen and oxygen atoms in total. The number of hydrogen-bond acceptors (Lipinski definition) is 8. The second-order valence-corrected chi connectivity index (χ2v) is 11.5. The molecule has 5 rings (SSSR count). The standard InChI is InChI=1S/C32H38F3N7O3/c1-21(2)25-18-22(6-9-29(25)45-32(33,34)35)38-31-39-26-19-23(7-8-28(26)41(31)4)44-24-10-12-36-27(20-24)30(43)37-11-5-13-42-16-14-40(3)15-17-42/h6-10,12,18-21H,5,11,13-17H2,1-4H3,(H,37,43)(H,38,39). The number of ether oxygens (including phenoxy) is 2. The molecule has 0 saturated carbocycles. The second kappa shape index (κ2) is 13.7. The van der Waals surface area contributed by atoms with Crippen molar-refractivity contribution < 1.29 is 27.4 Å². The van der Waals surface area contributed by atoms with E-state index in [0.29, 0.717) is 40.8 Å². The number of pyridine rings is 1. The molecule has 1 aliphatic heterocycles. The summed E-state index contributed by atoms with van der Waals surface area (Å²) in [5.41, 5.74) is 2.72. The number of carbonyl (C=O) groups is 1. The molecule has 2 aromatic heterocycles. The van der Waals surface area contributed by atoms with Crippen LogP contribution in [0.3, 0.4) is 0 Å². The smallest absolute Gasteiger partial charge is 0.457 e. The summed E-state index contributed by atoms with van der Waals surface area (Å²) in [6.45, 7) is 9.33. The van der Waals surface area contributed by atoms with Crippen LogP contribution in [-0.2, 0) is 7.05 Å². The second-order valence-electron chi connectivity index (χ2n) is 11.5. The summed E-state index contributed by atoms with van der Waals surface area (Å²) in [6, 6.07) is 13.2. The number of fused-ring (bicyclic) bond motifs is 1. The van der Waals surface area contributed by atoms with Gasteiger partial charge in [0.1, 0.15) is 22.9 Å². The number of nitrogens with zero attached hydrogens (tertiary/aromatic N) is 5. The number of aryl methyl sites for hydroxylation is 1. The fourth-order valence-electron chi connectivity index (χ4n) is 5.18. The van der Waals surface area contributed by atoms with Crippen LogP contribution in [0.4, 0.5) is 24.8 Å². The van der Waals surface area contributed by atoms with Crippen molar-refractivity contribution in [1.29, 1.82) is 0 Å². The van der Waals surface area contributed by atoms with Gasteiger partial charge in [0.25, 0.3) is 5.91 Å². The van der Waals surface area contributed by atoms with Crippen molar-refractivity contribution in [3.05, 3.63) is 66.0 Å². The summed E-state index contributed by atoms with van der Waals surface area (Å²) in [5, 5.41) is 6.14. The number of rotatable bonds is 11. The van der Waals surface area contributed by atoms with Crippen LogP contribution in [-0.4, -0.2) is 82.9 Å². The Bertz CT molecular complexity index is 1630. The molecule has 0 unspecified atom stereocenters. The first kappa shape index (κ1) is 32.0. The van der Waals surface area contributed by atoms with Crippen molar-refractivity contribution in [3.8, 4) is 17.2 Å². The molecule has 240 valence electrons. The average molecular weight is 626 g/mol. The average Bonchev–Trinajstić information content (AvgIpc) is 3.30. The number of imidazole rings is 1. The van der Waals surface area contributed by atoms with Crippen LogP contribution in [0.15, 0.2) is 54.7 Å². The van der Waals surface area contributed by atoms with Gasteiger partial charge in [-0.05, 0) is 67.9 Å². The van der Waals surface area contributed by atoms with E-state index >= 15 is 0 Å². The number of halogens is 3. The summed E-state index contributed by atoms with van der Waals surface area (Å²) in [5.74, 6) is 0.797. The molecular weight excluding hydrogens is 587 g/mol. The number of alkyl halides is 3. The summed E-state index contributed by atoms with van der Waals surface area (Å²) in [6.07, 6.45) is -2.38. The first-order valence-corrected chi connectivity index (χ1v) is 14.9. The van der Waals surface area contributed by atoms with E-state index in [-0.39, 0.29) is 23.3 Å². The molecule has 0 aliphatic carbocycles. The van der Waals surface area contributed by atoms with E-state index in [1.165, 1.54) is 18.3 Å². The van der Waals surface area contributed by atoms with E-state index < -0.39 is 6.36 Å². The van der Waals surface area contributed by atoms with Crippen molar-refractivity contribution in [2.45, 2.75) is 32.5 Å². The summed E-state index contributed by atoms with van der Waals surface area (Å²) in [4.78, 5) is 26.3. The van der Waals surface area contributed by atoms with Gasteiger partial charge in [0.2, 0.25) is 5.95 Å². The lowest BCUT2D eigenvalue weighted by molar-refractivity contribution is -0.274. The minimum absolute atomic E-state index is 0.198. The lowest BCUT2D eigenvalue weighted by atomic mass is 10.0. The predicted molar refractivity (Wildman–Crippen MR) is 166 cm³/mol. The van der Waals surface area contributed by atoms with Crippen LogP contribution in [0.5, 0.6) is 17.2 Å². The van der Waals surface area contributed by atoms with E-state index in [4.69, 9.17) is 4.74 Å². The maximum atomic E-state index is 12.9. The van der Waals surface area contributed by atoms with Crippen LogP contribution in [0.25, 0.3) is 11.0 Å². The Balaban J connectivity index is 1.22. The van der Waals surface area contributed by atoms with Crippen molar-refractivity contribution in [2.24, 2.45) is 7.05 Å². The van der Waals surface area contributed by atoms with Gasteiger partial charge in [-0.1, -0.05) is 13.8 Å². The fraction of sp³-hybridized carbons (Fsp3) is 0.406. The van der Waals surface area contributed by atoms with E-state index in [1.807, 2.05) is 17.7 Å². The number of likely N-dealkylation sites (N-methyl/N-ethyl adjacent to an activating group) is 1. The molecule has 1 amide bonds. The minimum atomic E-state index is -4.77. The Labute approximate surface area is 260 Å². The summed E-state index contributed by atoms with van der Waals surface area (Å²) >= 11 is 0. The molecule has 0 spiro atoms. The minimum Gasteiger partial charge on any atom is -0.457 e. The van der Waals surface area contributed by atoms with Crippen LogP contribution >= 0.6 is 0 Å². The zero-order chi connectivity index (χ0) is 32.1. The van der Waals surface area contributed by atoms with Gasteiger partial charge in [0.15, 0.2) is 0 Å². The number of amides is 1. The Morgan fingerprint density at radius 2 is 1.76 bits per heavy atom. The zero-order valence-electron chi connectivity index (χ0n) is 25.8. The highest BCUT2D eigenvalue weighted by atomic mass is 19.4. The van der Waals surface area contributed by atoms with Crippen molar-refractivity contribution >= 4 is 28.6 Å². The fourth-order valence-corrected chi connectivity index (χ4v) is 5.18. The van der Waals surface area contributed by atoms with Crippen LogP contribution < -0.4 is 20.1 Å². The maximum absolute atomic E-state index is 12.9.